The van der Waals surface area contributed by atoms with Crippen LogP contribution >= 0.6 is 0 Å². The van der Waals surface area contributed by atoms with E-state index in [0.717, 1.165) is 59.2 Å². The maximum atomic E-state index is 6.11. The van der Waals surface area contributed by atoms with E-state index < -0.39 is 0 Å². The zero-order valence-electron chi connectivity index (χ0n) is 18.5. The van der Waals surface area contributed by atoms with Gasteiger partial charge < -0.3 is 14.2 Å². The van der Waals surface area contributed by atoms with Crippen LogP contribution < -0.4 is 14.2 Å². The normalized spacial score (nSPS) is 16.8. The van der Waals surface area contributed by atoms with Crippen molar-refractivity contribution in [3.63, 3.8) is 0 Å². The Bertz CT molecular complexity index is 1100. The fourth-order valence-electron chi connectivity index (χ4n) is 4.57. The number of fused-ring (bicyclic) bond motifs is 2. The van der Waals surface area contributed by atoms with Gasteiger partial charge in [0.2, 0.25) is 6.79 Å². The number of ether oxygens (including phenoxy) is 3. The van der Waals surface area contributed by atoms with Gasteiger partial charge in [-0.3, -0.25) is 4.99 Å². The molecule has 1 aliphatic carbocycles. The number of aliphatic imine (C=N–C) groups is 1. The summed E-state index contributed by atoms with van der Waals surface area (Å²) in [5, 5.41) is 0. The molecule has 0 radical (unpaired) electrons. The molecule has 3 aromatic rings. The fraction of sp³-hybridized carbons (Fsp3) is 0.321. The highest BCUT2D eigenvalue weighted by Crippen LogP contribution is 2.36. The summed E-state index contributed by atoms with van der Waals surface area (Å²) < 4.78 is 17.0. The Morgan fingerprint density at radius 1 is 0.938 bits per heavy atom. The molecule has 0 fully saturated rings. The summed E-state index contributed by atoms with van der Waals surface area (Å²) in [6.07, 6.45) is 6.64. The first-order chi connectivity index (χ1) is 15.8. The summed E-state index contributed by atoms with van der Waals surface area (Å²) in [6.45, 7) is 3.81. The molecule has 3 aromatic carbocycles. The second-order valence-corrected chi connectivity index (χ2v) is 8.55. The molecule has 164 valence electrons. The highest BCUT2D eigenvalue weighted by Gasteiger charge is 2.19. The molecule has 0 aromatic heterocycles. The van der Waals surface area contributed by atoms with Gasteiger partial charge in [-0.15, -0.1) is 0 Å². The van der Waals surface area contributed by atoms with Crippen molar-refractivity contribution in [1.82, 2.24) is 0 Å². The lowest BCUT2D eigenvalue weighted by atomic mass is 9.82. The molecule has 0 spiro atoms. The number of hydrogen-bond donors (Lipinski definition) is 0. The van der Waals surface area contributed by atoms with E-state index in [0.29, 0.717) is 13.4 Å². The average molecular weight is 428 g/mol. The highest BCUT2D eigenvalue weighted by molar-refractivity contribution is 5.67. The van der Waals surface area contributed by atoms with Crippen LogP contribution in [0.2, 0.25) is 0 Å². The van der Waals surface area contributed by atoms with Crippen LogP contribution in [0, 0.1) is 5.92 Å². The van der Waals surface area contributed by atoms with E-state index in [1.165, 1.54) is 24.0 Å². The Morgan fingerprint density at radius 3 is 2.66 bits per heavy atom. The molecule has 2 aliphatic rings. The van der Waals surface area contributed by atoms with Crippen molar-refractivity contribution in [3.8, 4) is 28.4 Å². The minimum atomic E-state index is 0.298. The van der Waals surface area contributed by atoms with Gasteiger partial charge in [-0.05, 0) is 96.8 Å². The van der Waals surface area contributed by atoms with Gasteiger partial charge >= 0.3 is 0 Å². The predicted molar refractivity (Wildman–Crippen MR) is 128 cm³/mol. The summed E-state index contributed by atoms with van der Waals surface area (Å²) in [5.74, 6) is 3.33. The Morgan fingerprint density at radius 2 is 1.78 bits per heavy atom. The van der Waals surface area contributed by atoms with Gasteiger partial charge in [0, 0.05) is 6.54 Å². The van der Waals surface area contributed by atoms with Crippen molar-refractivity contribution in [3.05, 3.63) is 77.4 Å². The van der Waals surface area contributed by atoms with Gasteiger partial charge in [0.05, 0.1) is 0 Å². The lowest BCUT2D eigenvalue weighted by molar-refractivity contribution is 0.174. The number of rotatable bonds is 7. The third kappa shape index (κ3) is 4.64. The number of benzene rings is 3. The Kier molecular flexibility index (Phi) is 6.11. The zero-order chi connectivity index (χ0) is 21.8. The minimum absolute atomic E-state index is 0.298. The van der Waals surface area contributed by atoms with Gasteiger partial charge in [-0.2, -0.15) is 0 Å². The summed E-state index contributed by atoms with van der Waals surface area (Å²) in [5.41, 5.74) is 6.35. The monoisotopic (exact) mass is 427 g/mol. The molecule has 0 saturated heterocycles. The van der Waals surface area contributed by atoms with Crippen LogP contribution in [-0.4, -0.2) is 19.6 Å². The molecule has 1 heterocycles. The topological polar surface area (TPSA) is 40.0 Å². The molecule has 5 rings (SSSR count). The lowest BCUT2D eigenvalue weighted by Crippen LogP contribution is -2.15. The Labute approximate surface area is 189 Å². The minimum Gasteiger partial charge on any atom is -0.489 e. The van der Waals surface area contributed by atoms with Crippen molar-refractivity contribution < 1.29 is 14.2 Å². The predicted octanol–water partition coefficient (Wildman–Crippen LogP) is 6.25. The van der Waals surface area contributed by atoms with Crippen molar-refractivity contribution in [2.75, 3.05) is 13.3 Å². The summed E-state index contributed by atoms with van der Waals surface area (Å²) in [4.78, 5) is 4.37. The third-order valence-corrected chi connectivity index (χ3v) is 6.42. The molecule has 1 aliphatic heterocycles. The van der Waals surface area contributed by atoms with Crippen LogP contribution in [0.5, 0.6) is 17.2 Å². The van der Waals surface area contributed by atoms with Crippen LogP contribution in [0.25, 0.3) is 11.1 Å². The Hall–Kier alpha value is -3.27. The van der Waals surface area contributed by atoms with E-state index in [-0.39, 0.29) is 0 Å². The molecule has 1 atom stereocenters. The van der Waals surface area contributed by atoms with Crippen molar-refractivity contribution in [2.45, 2.75) is 39.2 Å². The largest absolute Gasteiger partial charge is 0.489 e. The molecular weight excluding hydrogens is 398 g/mol. The highest BCUT2D eigenvalue weighted by atomic mass is 16.7. The number of nitrogens with zero attached hydrogens (tertiary/aromatic N) is 1. The summed E-state index contributed by atoms with van der Waals surface area (Å²) >= 11 is 0. The first-order valence-electron chi connectivity index (χ1n) is 11.5. The molecule has 32 heavy (non-hydrogen) atoms. The smallest absolute Gasteiger partial charge is 0.231 e. The number of hydrogen-bond acceptors (Lipinski definition) is 4. The maximum Gasteiger partial charge on any atom is 0.231 e. The van der Waals surface area contributed by atoms with Crippen LogP contribution in [0.1, 0.15) is 36.5 Å². The summed E-state index contributed by atoms with van der Waals surface area (Å²) in [7, 11) is 0. The van der Waals surface area contributed by atoms with Crippen LogP contribution in [0.4, 0.5) is 0 Å². The maximum absolute atomic E-state index is 6.11. The lowest BCUT2D eigenvalue weighted by Gasteiger charge is -2.24. The summed E-state index contributed by atoms with van der Waals surface area (Å²) in [6, 6.07) is 21.2. The first kappa shape index (κ1) is 20.6. The molecule has 1 unspecified atom stereocenters. The van der Waals surface area contributed by atoms with Crippen molar-refractivity contribution in [1.29, 1.82) is 0 Å². The molecule has 0 bridgehead atoms. The van der Waals surface area contributed by atoms with Crippen LogP contribution in [-0.2, 0) is 19.4 Å². The first-order valence-corrected chi connectivity index (χ1v) is 11.5. The van der Waals surface area contributed by atoms with Crippen molar-refractivity contribution >= 4 is 6.21 Å². The Balaban J connectivity index is 1.18. The second kappa shape index (κ2) is 9.47. The van der Waals surface area contributed by atoms with Gasteiger partial charge in [0.15, 0.2) is 11.5 Å². The molecule has 0 amide bonds. The molecule has 4 nitrogen and oxygen atoms in total. The number of aryl methyl sites for hydroxylation is 1. The van der Waals surface area contributed by atoms with Gasteiger partial charge in [0.1, 0.15) is 12.4 Å². The van der Waals surface area contributed by atoms with E-state index in [2.05, 4.69) is 53.5 Å². The third-order valence-electron chi connectivity index (χ3n) is 6.42. The van der Waals surface area contributed by atoms with E-state index in [4.69, 9.17) is 14.2 Å². The van der Waals surface area contributed by atoms with Gasteiger partial charge in [-0.25, -0.2) is 0 Å². The quantitative estimate of drug-likeness (QED) is 0.419. The second-order valence-electron chi connectivity index (χ2n) is 8.55. The standard InChI is InChI=1S/C28H29NO3/c1-2-29-14-13-20-3-8-24-16-26(11-9-23(24)15-20)30-18-21-4-6-22(7-5-21)25-10-12-27-28(17-25)32-19-31-27/h2,4-7,9-12,16-17,20H,3,8,13-15,18-19H2,1H3. The molecule has 4 heteroatoms. The molecule has 0 N–H and O–H groups in total. The van der Waals surface area contributed by atoms with E-state index in [1.807, 2.05) is 25.3 Å². The van der Waals surface area contributed by atoms with Crippen LogP contribution in [0.3, 0.4) is 0 Å². The average Bonchev–Trinajstić information content (AvgIpc) is 3.31. The molecular formula is C28H29NO3. The van der Waals surface area contributed by atoms with Crippen molar-refractivity contribution in [2.24, 2.45) is 10.9 Å². The van der Waals surface area contributed by atoms with E-state index in [1.54, 1.807) is 0 Å². The van der Waals surface area contributed by atoms with Crippen LogP contribution in [0.15, 0.2) is 65.7 Å². The zero-order valence-corrected chi connectivity index (χ0v) is 18.5. The fourth-order valence-corrected chi connectivity index (χ4v) is 4.57. The SMILES string of the molecule is CC=NCCC1CCc2cc(OCc3ccc(-c4ccc5c(c4)OCO5)cc3)ccc2C1. The molecule has 0 saturated carbocycles. The van der Waals surface area contributed by atoms with E-state index >= 15 is 0 Å². The van der Waals surface area contributed by atoms with Gasteiger partial charge in [-0.1, -0.05) is 36.4 Å². The van der Waals surface area contributed by atoms with Gasteiger partial charge in [0.25, 0.3) is 0 Å². The van der Waals surface area contributed by atoms with E-state index in [9.17, 15) is 0 Å².